The van der Waals surface area contributed by atoms with Crippen LogP contribution in [0.2, 0.25) is 0 Å². The standard InChI is InChI=1S/C46H63N5O11.C44H54F2N8O9/c1-30(2)35-29-51-36(27-37(35)52)34-26-38(53-6)39(24-32(34)25-42(51)46(3,4)5)61-19-17-59-15-13-57-11-9-56-10-12-58-14-16-60-18-20-62-43-40(54-7)22-31(23-41(43)55-8)21-33-28-49-45(48)50-44(33)47;1-29-34-28-51-44(43-48-7-5-8-49-43)53-36(34)6-9-54(29)33-25-35(45)40(46)37(26-33)62-20-18-60-16-14-58-12-10-57-11-13-59-15-17-61-19-21-63-41-38(55-3)23-31(24-39(41)56-4)22-32-27-50-30(2)52-42(32)47/h22-24,26-29,42H,1,9-21,25H2,2-8H3,(H4,47,48,49,50);5,7-8,23-29H,6,9-22H2,1-4H3,(H2,47,50,52)/t42-;29-/m01/s1. The van der Waals surface area contributed by atoms with Gasteiger partial charge in [0.15, 0.2) is 63.1 Å². The lowest BCUT2D eigenvalue weighted by molar-refractivity contribution is -0.0143. The first kappa shape index (κ1) is 96.0. The summed E-state index contributed by atoms with van der Waals surface area (Å²) in [6.07, 6.45) is 12.6. The first-order chi connectivity index (χ1) is 60.6. The summed E-state index contributed by atoms with van der Waals surface area (Å²) >= 11 is 0. The lowest BCUT2D eigenvalue weighted by Gasteiger charge is -2.39. The molecule has 35 heteroatoms. The van der Waals surface area contributed by atoms with Gasteiger partial charge in [-0.05, 0) is 97.3 Å². The molecule has 2 aliphatic heterocycles. The predicted molar refractivity (Wildman–Crippen MR) is 465 cm³/mol. The van der Waals surface area contributed by atoms with Crippen LogP contribution in [0.15, 0.2) is 109 Å². The van der Waals surface area contributed by atoms with E-state index in [1.165, 1.54) is 12.1 Å². The van der Waals surface area contributed by atoms with Crippen LogP contribution in [0.4, 0.5) is 32.1 Å². The number of fused-ring (bicyclic) bond motifs is 4. The van der Waals surface area contributed by atoms with Gasteiger partial charge in [0, 0.05) is 121 Å². The second kappa shape index (κ2) is 49.4. The van der Waals surface area contributed by atoms with Gasteiger partial charge in [-0.15, -0.1) is 0 Å². The molecule has 0 amide bonds. The lowest BCUT2D eigenvalue weighted by Crippen LogP contribution is -2.35. The Balaban J connectivity index is 0.000000261. The lowest BCUT2D eigenvalue weighted by atomic mass is 9.78. The Labute approximate surface area is 727 Å². The number of aryl methyl sites for hydroxylation is 1. The minimum absolute atomic E-state index is 0.0285. The Morgan fingerprint density at radius 1 is 0.504 bits per heavy atom. The zero-order chi connectivity index (χ0) is 89.0. The Morgan fingerprint density at radius 2 is 0.952 bits per heavy atom. The summed E-state index contributed by atoms with van der Waals surface area (Å²) in [5.41, 5.74) is 27.5. The molecule has 5 aromatic heterocycles. The van der Waals surface area contributed by atoms with Gasteiger partial charge < -0.3 is 117 Å². The number of nitrogens with two attached hydrogens (primary N) is 3. The maximum absolute atomic E-state index is 14.7. The molecule has 0 radical (unpaired) electrons. The number of allylic oxidation sites excluding steroid dienone is 1. The van der Waals surface area contributed by atoms with E-state index in [2.05, 4.69) is 71.8 Å². The second-order valence-corrected chi connectivity index (χ2v) is 29.9. The minimum Gasteiger partial charge on any atom is -0.493 e. The number of ether oxygens (including phenoxy) is 19. The SMILES string of the molecule is C=C(C)c1cn2c(cc1=O)-c1cc(OC)c(OCCOCCOCCOCCOCCOCCOc3c(OC)cc(Cc4cnc(N)nc4N)cc3OC)cc1C[C@H]2C(C)(C)C.COc1cc(Cc2cnc(C)nc2N)cc(OC)c1OCCOCCOCCOCCOCCOCCOc1cc(N2CCc3nc(-c4ncccn4)ncc3[C@H]2C)cc(F)c1F. The summed E-state index contributed by atoms with van der Waals surface area (Å²) < 4.78 is 139. The molecule has 33 nitrogen and oxygen atoms in total. The first-order valence-corrected chi connectivity index (χ1v) is 41.3. The molecule has 676 valence electrons. The van der Waals surface area contributed by atoms with Crippen LogP contribution in [0, 0.1) is 24.0 Å². The van der Waals surface area contributed by atoms with Crippen LogP contribution >= 0.6 is 0 Å². The molecular weight excluding hydrogens is 1620 g/mol. The number of pyridine rings is 1. The summed E-state index contributed by atoms with van der Waals surface area (Å²) in [4.78, 5) is 49.1. The molecule has 125 heavy (non-hydrogen) atoms. The van der Waals surface area contributed by atoms with Crippen LogP contribution < -0.4 is 70.2 Å². The maximum Gasteiger partial charge on any atom is 0.221 e. The average Bonchev–Trinajstić information content (AvgIpc) is 0.741. The van der Waals surface area contributed by atoms with E-state index in [1.807, 2.05) is 61.3 Å². The molecule has 2 atom stereocenters. The number of aromatic nitrogens is 9. The van der Waals surface area contributed by atoms with E-state index in [1.54, 1.807) is 85.6 Å². The Morgan fingerprint density at radius 3 is 1.40 bits per heavy atom. The van der Waals surface area contributed by atoms with E-state index >= 15 is 0 Å². The highest BCUT2D eigenvalue weighted by atomic mass is 19.2. The fraction of sp³-hybridized carbons (Fsp3) is 0.478. The van der Waals surface area contributed by atoms with Gasteiger partial charge in [-0.1, -0.05) is 27.4 Å². The van der Waals surface area contributed by atoms with Crippen molar-refractivity contribution in [3.63, 3.8) is 0 Å². The zero-order valence-corrected chi connectivity index (χ0v) is 73.2. The summed E-state index contributed by atoms with van der Waals surface area (Å²) in [5, 5.41) is 0. The number of nitrogen functional groups attached to an aromatic ring is 3. The quantitative estimate of drug-likeness (QED) is 0.0298. The van der Waals surface area contributed by atoms with Gasteiger partial charge in [-0.2, -0.15) is 9.37 Å². The molecule has 0 saturated carbocycles. The Hall–Kier alpha value is -11.3. The Bertz CT molecular complexity index is 4930. The number of benzene rings is 4. The molecule has 7 heterocycles. The third-order valence-electron chi connectivity index (χ3n) is 20.1. The van der Waals surface area contributed by atoms with Crippen molar-refractivity contribution in [3.8, 4) is 74.7 Å². The van der Waals surface area contributed by atoms with Gasteiger partial charge in [0.05, 0.1) is 185 Å². The molecule has 6 N–H and O–H groups in total. The third-order valence-corrected chi connectivity index (χ3v) is 20.1. The average molecular weight is 1740 g/mol. The van der Waals surface area contributed by atoms with Crippen LogP contribution in [-0.2, 0) is 73.1 Å². The molecule has 9 aromatic rings. The topological polar surface area (TPSA) is 382 Å². The fourth-order valence-electron chi connectivity index (χ4n) is 13.7. The molecular formula is C90H117F2N13O20. The van der Waals surface area contributed by atoms with Gasteiger partial charge in [0.25, 0.3) is 0 Å². The molecule has 11 rings (SSSR count). The zero-order valence-electron chi connectivity index (χ0n) is 73.2. The summed E-state index contributed by atoms with van der Waals surface area (Å²) in [6.45, 7) is 25.5. The molecule has 4 aromatic carbocycles. The highest BCUT2D eigenvalue weighted by molar-refractivity contribution is 5.73. The van der Waals surface area contributed by atoms with E-state index < -0.39 is 11.6 Å². The van der Waals surface area contributed by atoms with Crippen LogP contribution in [0.5, 0.6) is 51.7 Å². The van der Waals surface area contributed by atoms with Gasteiger partial charge in [0.1, 0.15) is 43.9 Å². The number of methoxy groups -OCH3 is 5. The number of nitrogens with zero attached hydrogens (tertiary/aromatic N) is 10. The summed E-state index contributed by atoms with van der Waals surface area (Å²) in [6, 6.07) is 17.5. The van der Waals surface area contributed by atoms with Crippen LogP contribution in [-0.4, -0.2) is 245 Å². The van der Waals surface area contributed by atoms with Crippen LogP contribution in [0.3, 0.4) is 0 Å². The van der Waals surface area contributed by atoms with Crippen LogP contribution in [0.1, 0.15) is 97.2 Å². The van der Waals surface area contributed by atoms with E-state index in [0.29, 0.717) is 244 Å². The molecule has 0 spiro atoms. The number of halogens is 2. The molecule has 0 fully saturated rings. The number of anilines is 4. The largest absolute Gasteiger partial charge is 0.493 e. The first-order valence-electron chi connectivity index (χ1n) is 41.3. The molecule has 0 saturated heterocycles. The fourth-order valence-corrected chi connectivity index (χ4v) is 13.7. The normalized spacial score (nSPS) is 13.4. The van der Waals surface area contributed by atoms with Gasteiger partial charge in [0.2, 0.25) is 23.3 Å². The van der Waals surface area contributed by atoms with E-state index in [9.17, 15) is 13.6 Å². The molecule has 0 bridgehead atoms. The second-order valence-electron chi connectivity index (χ2n) is 29.9. The van der Waals surface area contributed by atoms with E-state index in [0.717, 1.165) is 62.3 Å². The van der Waals surface area contributed by atoms with Crippen molar-refractivity contribution in [2.24, 2.45) is 5.41 Å². The molecule has 0 unspecified atom stereocenters. The predicted octanol–water partition coefficient (Wildman–Crippen LogP) is 11.0. The number of hydrogen-bond acceptors (Lipinski definition) is 32. The van der Waals surface area contributed by atoms with Crippen molar-refractivity contribution in [2.45, 2.75) is 79.3 Å². The minimum atomic E-state index is -1.05. The van der Waals surface area contributed by atoms with Crippen molar-refractivity contribution < 1.29 is 98.8 Å². The summed E-state index contributed by atoms with van der Waals surface area (Å²) in [7, 11) is 7.88. The van der Waals surface area contributed by atoms with Crippen molar-refractivity contribution in [3.05, 3.63) is 177 Å². The van der Waals surface area contributed by atoms with Gasteiger partial charge >= 0.3 is 0 Å². The maximum atomic E-state index is 14.7. The molecule has 0 aliphatic carbocycles. The van der Waals surface area contributed by atoms with E-state index in [4.69, 9.17) is 107 Å². The third kappa shape index (κ3) is 28.4. The van der Waals surface area contributed by atoms with Gasteiger partial charge in [-0.3, -0.25) is 4.79 Å². The van der Waals surface area contributed by atoms with Crippen molar-refractivity contribution in [1.82, 2.24) is 44.4 Å². The highest BCUT2D eigenvalue weighted by Gasteiger charge is 2.35. The summed E-state index contributed by atoms with van der Waals surface area (Å²) in [5.74, 6) is 4.43. The van der Waals surface area contributed by atoms with Crippen molar-refractivity contribution in [1.29, 1.82) is 0 Å². The highest BCUT2D eigenvalue weighted by Crippen LogP contribution is 2.47. The Kier molecular flexibility index (Phi) is 38.0. The number of rotatable bonds is 52. The van der Waals surface area contributed by atoms with Crippen LogP contribution in [0.25, 0.3) is 28.5 Å². The van der Waals surface area contributed by atoms with E-state index in [-0.39, 0.29) is 61.1 Å². The van der Waals surface area contributed by atoms with Crippen molar-refractivity contribution in [2.75, 3.05) is 223 Å². The van der Waals surface area contributed by atoms with Crippen molar-refractivity contribution >= 4 is 28.8 Å². The smallest absolute Gasteiger partial charge is 0.221 e. The molecule has 2 aliphatic rings. The van der Waals surface area contributed by atoms with Gasteiger partial charge in [-0.25, -0.2) is 39.3 Å². The monoisotopic (exact) mass is 1740 g/mol. The number of hydrogen-bond donors (Lipinski definition) is 3.